The van der Waals surface area contributed by atoms with Crippen molar-refractivity contribution in [3.05, 3.63) is 47.5 Å². The molecule has 0 amide bonds. The Hall–Kier alpha value is -2.86. The van der Waals surface area contributed by atoms with Gasteiger partial charge < -0.3 is 16.4 Å². The monoisotopic (exact) mass is 380 g/mol. The fourth-order valence-electron chi connectivity index (χ4n) is 3.46. The average Bonchev–Trinajstić information content (AvgIpc) is 2.68. The second-order valence-corrected chi connectivity index (χ2v) is 7.10. The van der Waals surface area contributed by atoms with Gasteiger partial charge in [-0.05, 0) is 49.6 Å². The first-order valence-electron chi connectivity index (χ1n) is 9.02. The number of benzene rings is 2. The normalized spacial score (nSPS) is 14.3. The summed E-state index contributed by atoms with van der Waals surface area (Å²) in [5, 5.41) is 1.50. The van der Waals surface area contributed by atoms with Crippen LogP contribution in [0.4, 0.5) is 11.6 Å². The summed E-state index contributed by atoms with van der Waals surface area (Å²) in [6, 6.07) is 13.9. The molecule has 7 heteroatoms. The summed E-state index contributed by atoms with van der Waals surface area (Å²) in [6.07, 6.45) is 3.81. The van der Waals surface area contributed by atoms with E-state index in [4.69, 9.17) is 23.1 Å². The lowest BCUT2D eigenvalue weighted by molar-refractivity contribution is 0.578. The number of guanidine groups is 1. The molecule has 1 fully saturated rings. The van der Waals surface area contributed by atoms with Crippen molar-refractivity contribution in [3.8, 4) is 11.3 Å². The molecular formula is C20H21ClN6. The number of aliphatic imine (C=N–C) groups is 1. The molecule has 1 saturated heterocycles. The first-order chi connectivity index (χ1) is 13.1. The topological polar surface area (TPSA) is 93.4 Å². The van der Waals surface area contributed by atoms with Gasteiger partial charge in [0.05, 0.1) is 11.2 Å². The van der Waals surface area contributed by atoms with E-state index in [-0.39, 0.29) is 11.9 Å². The van der Waals surface area contributed by atoms with Gasteiger partial charge in [0.25, 0.3) is 5.95 Å². The van der Waals surface area contributed by atoms with Gasteiger partial charge in [-0.1, -0.05) is 23.7 Å². The minimum absolute atomic E-state index is 0.0743. The second kappa shape index (κ2) is 7.40. The molecular weight excluding hydrogens is 360 g/mol. The summed E-state index contributed by atoms with van der Waals surface area (Å²) in [5.41, 5.74) is 14.7. The summed E-state index contributed by atoms with van der Waals surface area (Å²) >= 11 is 6.20. The van der Waals surface area contributed by atoms with E-state index in [1.54, 1.807) is 6.07 Å². The van der Waals surface area contributed by atoms with Crippen LogP contribution in [0.5, 0.6) is 0 Å². The quantitative estimate of drug-likeness (QED) is 0.531. The van der Waals surface area contributed by atoms with E-state index < -0.39 is 0 Å². The average molecular weight is 381 g/mol. The summed E-state index contributed by atoms with van der Waals surface area (Å²) < 4.78 is 0. The smallest absolute Gasteiger partial charge is 0.253 e. The Kier molecular flexibility index (Phi) is 4.81. The number of nitrogens with zero attached hydrogens (tertiary/aromatic N) is 4. The Morgan fingerprint density at radius 1 is 0.963 bits per heavy atom. The lowest BCUT2D eigenvalue weighted by atomic mass is 10.0. The van der Waals surface area contributed by atoms with Gasteiger partial charge in [-0.2, -0.15) is 4.99 Å². The van der Waals surface area contributed by atoms with Gasteiger partial charge in [-0.15, -0.1) is 0 Å². The highest BCUT2D eigenvalue weighted by Gasteiger charge is 2.13. The molecule has 6 nitrogen and oxygen atoms in total. The van der Waals surface area contributed by atoms with Crippen LogP contribution in [-0.4, -0.2) is 29.0 Å². The maximum atomic E-state index is 6.20. The molecule has 4 N–H and O–H groups in total. The molecule has 0 unspecified atom stereocenters. The van der Waals surface area contributed by atoms with Gasteiger partial charge in [0.2, 0.25) is 0 Å². The Morgan fingerprint density at radius 3 is 2.41 bits per heavy atom. The van der Waals surface area contributed by atoms with Gasteiger partial charge >= 0.3 is 0 Å². The standard InChI is InChI=1S/C20H21ClN6/c21-14-6-9-17-16(12-14)18(25-20(24-17)26-19(22)23)13-4-7-15(8-5-13)27-10-2-1-3-11-27/h4-9,12H,1-3,10-11H2,(H4,22,23,24,25,26). The van der Waals surface area contributed by atoms with E-state index in [0.29, 0.717) is 5.02 Å². The molecule has 4 rings (SSSR count). The fourth-order valence-corrected chi connectivity index (χ4v) is 3.63. The van der Waals surface area contributed by atoms with E-state index in [0.717, 1.165) is 35.2 Å². The second-order valence-electron chi connectivity index (χ2n) is 6.66. The van der Waals surface area contributed by atoms with Crippen molar-refractivity contribution >= 4 is 40.1 Å². The summed E-state index contributed by atoms with van der Waals surface area (Å²) in [5.74, 6) is 0.162. The Morgan fingerprint density at radius 2 is 1.70 bits per heavy atom. The van der Waals surface area contributed by atoms with E-state index >= 15 is 0 Å². The number of nitrogens with two attached hydrogens (primary N) is 2. The van der Waals surface area contributed by atoms with Crippen molar-refractivity contribution in [1.82, 2.24) is 9.97 Å². The van der Waals surface area contributed by atoms with Crippen LogP contribution in [0.25, 0.3) is 22.2 Å². The van der Waals surface area contributed by atoms with Crippen molar-refractivity contribution in [2.45, 2.75) is 19.3 Å². The van der Waals surface area contributed by atoms with E-state index in [1.165, 1.54) is 24.9 Å². The van der Waals surface area contributed by atoms with Crippen LogP contribution in [0.2, 0.25) is 5.02 Å². The summed E-state index contributed by atoms with van der Waals surface area (Å²) in [7, 11) is 0. The van der Waals surface area contributed by atoms with Crippen molar-refractivity contribution in [1.29, 1.82) is 0 Å². The van der Waals surface area contributed by atoms with Crippen LogP contribution >= 0.6 is 11.6 Å². The van der Waals surface area contributed by atoms with Gasteiger partial charge in [0.15, 0.2) is 5.96 Å². The highest BCUT2D eigenvalue weighted by molar-refractivity contribution is 6.31. The number of aromatic nitrogens is 2. The number of rotatable bonds is 3. The van der Waals surface area contributed by atoms with Crippen LogP contribution in [0.15, 0.2) is 47.5 Å². The number of hydrogen-bond donors (Lipinski definition) is 2. The molecule has 138 valence electrons. The maximum Gasteiger partial charge on any atom is 0.253 e. The van der Waals surface area contributed by atoms with E-state index in [2.05, 4.69) is 44.1 Å². The van der Waals surface area contributed by atoms with Crippen LogP contribution in [0, 0.1) is 0 Å². The van der Waals surface area contributed by atoms with Crippen molar-refractivity contribution in [2.24, 2.45) is 16.5 Å². The van der Waals surface area contributed by atoms with Crippen molar-refractivity contribution < 1.29 is 0 Å². The molecule has 1 aliphatic heterocycles. The van der Waals surface area contributed by atoms with Crippen molar-refractivity contribution in [3.63, 3.8) is 0 Å². The summed E-state index contributed by atoms with van der Waals surface area (Å²) in [4.78, 5) is 15.4. The zero-order valence-corrected chi connectivity index (χ0v) is 15.7. The first-order valence-corrected chi connectivity index (χ1v) is 9.40. The molecule has 0 aliphatic carbocycles. The zero-order chi connectivity index (χ0) is 18.8. The molecule has 1 aromatic heterocycles. The minimum atomic E-state index is -0.0743. The molecule has 0 atom stereocenters. The molecule has 3 aromatic rings. The molecule has 27 heavy (non-hydrogen) atoms. The van der Waals surface area contributed by atoms with Crippen molar-refractivity contribution in [2.75, 3.05) is 18.0 Å². The van der Waals surface area contributed by atoms with Crippen LogP contribution < -0.4 is 16.4 Å². The lowest BCUT2D eigenvalue weighted by Crippen LogP contribution is -2.29. The first kappa shape index (κ1) is 17.5. The molecule has 0 spiro atoms. The Bertz CT molecular complexity index is 989. The summed E-state index contributed by atoms with van der Waals surface area (Å²) in [6.45, 7) is 2.22. The number of hydrogen-bond acceptors (Lipinski definition) is 4. The third-order valence-corrected chi connectivity index (χ3v) is 4.97. The van der Waals surface area contributed by atoms with Gasteiger partial charge in [-0.3, -0.25) is 0 Å². The Labute approximate surface area is 162 Å². The largest absolute Gasteiger partial charge is 0.372 e. The van der Waals surface area contributed by atoms with E-state index in [1.807, 2.05) is 12.1 Å². The van der Waals surface area contributed by atoms with Crippen LogP contribution in [0.3, 0.4) is 0 Å². The van der Waals surface area contributed by atoms with Crippen LogP contribution in [0.1, 0.15) is 19.3 Å². The molecule has 2 aromatic carbocycles. The van der Waals surface area contributed by atoms with Gasteiger partial charge in [-0.25, -0.2) is 9.97 Å². The predicted molar refractivity (Wildman–Crippen MR) is 112 cm³/mol. The zero-order valence-electron chi connectivity index (χ0n) is 14.9. The van der Waals surface area contributed by atoms with E-state index in [9.17, 15) is 0 Å². The third-order valence-electron chi connectivity index (χ3n) is 4.74. The van der Waals surface area contributed by atoms with Gasteiger partial charge in [0.1, 0.15) is 0 Å². The van der Waals surface area contributed by atoms with Gasteiger partial charge in [0, 0.05) is 34.7 Å². The highest BCUT2D eigenvalue weighted by Crippen LogP contribution is 2.31. The molecule has 0 radical (unpaired) electrons. The number of piperidine rings is 1. The lowest BCUT2D eigenvalue weighted by Gasteiger charge is -2.28. The number of halogens is 1. The highest BCUT2D eigenvalue weighted by atomic mass is 35.5. The number of anilines is 1. The molecule has 1 aliphatic rings. The minimum Gasteiger partial charge on any atom is -0.372 e. The SMILES string of the molecule is NC(N)=Nc1nc(-c2ccc(N3CCCCC3)cc2)c2cc(Cl)ccc2n1. The maximum absolute atomic E-state index is 6.20. The predicted octanol–water partition coefficient (Wildman–Crippen LogP) is 3.85. The number of fused-ring (bicyclic) bond motifs is 1. The molecule has 2 heterocycles. The Balaban J connectivity index is 1.79. The third kappa shape index (κ3) is 3.80. The molecule has 0 bridgehead atoms. The molecule has 0 saturated carbocycles. The van der Waals surface area contributed by atoms with Crippen LogP contribution in [-0.2, 0) is 0 Å². The fraction of sp³-hybridized carbons (Fsp3) is 0.250.